The molecule has 0 radical (unpaired) electrons. The minimum absolute atomic E-state index is 0.0434. The smallest absolute Gasteiger partial charge is 0.360 e. The molecular weight excluding hydrogens is 326 g/mol. The first kappa shape index (κ1) is 17.0. The van der Waals surface area contributed by atoms with Crippen LogP contribution >= 0.6 is 0 Å². The van der Waals surface area contributed by atoms with Gasteiger partial charge in [-0.25, -0.2) is 4.79 Å². The number of nitrogens with zero attached hydrogens (tertiary/aromatic N) is 1. The number of amides is 1. The Hall–Kier alpha value is -1.79. The van der Waals surface area contributed by atoms with Crippen LogP contribution in [-0.2, 0) is 32.1 Å². The molecule has 3 rings (SSSR count). The highest BCUT2D eigenvalue weighted by molar-refractivity contribution is 7.96. The van der Waals surface area contributed by atoms with E-state index in [1.807, 2.05) is 51.1 Å². The summed E-state index contributed by atoms with van der Waals surface area (Å²) in [6, 6.07) is 9.31. The number of ether oxygens (including phenoxy) is 1. The third kappa shape index (κ3) is 3.08. The van der Waals surface area contributed by atoms with Crippen LogP contribution in [0.3, 0.4) is 0 Å². The maximum Gasteiger partial charge on any atom is 0.360 e. The second kappa shape index (κ2) is 6.26. The zero-order chi connectivity index (χ0) is 17.5. The first-order chi connectivity index (χ1) is 11.3. The van der Waals surface area contributed by atoms with Crippen molar-refractivity contribution in [1.29, 1.82) is 0 Å². The summed E-state index contributed by atoms with van der Waals surface area (Å²) in [4.78, 5) is 26.5. The second-order valence-corrected chi connectivity index (χ2v) is 9.30. The normalized spacial score (nSPS) is 21.4. The number of β-lactam (4-membered cyclic amide) rings is 1. The third-order valence-electron chi connectivity index (χ3n) is 4.16. The van der Waals surface area contributed by atoms with Gasteiger partial charge >= 0.3 is 5.97 Å². The van der Waals surface area contributed by atoms with E-state index in [2.05, 4.69) is 0 Å². The van der Waals surface area contributed by atoms with Crippen LogP contribution in [0.2, 0.25) is 0 Å². The lowest BCUT2D eigenvalue weighted by molar-refractivity contribution is -0.150. The second-order valence-electron chi connectivity index (χ2n) is 7.04. The molecule has 0 saturated carbocycles. The third-order valence-corrected chi connectivity index (χ3v) is 6.08. The van der Waals surface area contributed by atoms with Gasteiger partial charge in [0.1, 0.15) is 11.4 Å². The van der Waals surface area contributed by atoms with Crippen LogP contribution in [0.15, 0.2) is 40.9 Å². The summed E-state index contributed by atoms with van der Waals surface area (Å²) >= 11 is -1.34. The molecule has 0 aromatic heterocycles. The number of esters is 1. The predicted molar refractivity (Wildman–Crippen MR) is 91.0 cm³/mol. The molecule has 0 aliphatic carbocycles. The largest absolute Gasteiger partial charge is 0.611 e. The average molecular weight is 347 g/mol. The highest BCUT2D eigenvalue weighted by atomic mass is 32.2. The lowest BCUT2D eigenvalue weighted by Crippen LogP contribution is -2.49. The molecule has 5 nitrogen and oxygen atoms in total. The van der Waals surface area contributed by atoms with Gasteiger partial charge in [0.05, 0.1) is 6.04 Å². The maximum atomic E-state index is 12.8. The van der Waals surface area contributed by atoms with E-state index in [-0.39, 0.29) is 24.3 Å². The molecule has 1 amide bonds. The quantitative estimate of drug-likeness (QED) is 0.477. The van der Waals surface area contributed by atoms with Gasteiger partial charge < -0.3 is 9.29 Å². The highest BCUT2D eigenvalue weighted by Crippen LogP contribution is 2.43. The fourth-order valence-electron chi connectivity index (χ4n) is 2.93. The summed E-state index contributed by atoms with van der Waals surface area (Å²) in [5.74, 6) is -0.672. The van der Waals surface area contributed by atoms with Crippen LogP contribution < -0.4 is 0 Å². The maximum absolute atomic E-state index is 12.8. The van der Waals surface area contributed by atoms with Crippen LogP contribution in [0, 0.1) is 0 Å². The number of rotatable bonds is 4. The lowest BCUT2D eigenvalue weighted by atomic mass is 10.0. The van der Waals surface area contributed by atoms with E-state index in [0.29, 0.717) is 17.7 Å². The van der Waals surface area contributed by atoms with Gasteiger partial charge in [0.25, 0.3) is 0 Å². The van der Waals surface area contributed by atoms with Crippen LogP contribution in [-0.4, -0.2) is 32.1 Å². The molecule has 2 heterocycles. The van der Waals surface area contributed by atoms with Gasteiger partial charge in [-0.3, -0.25) is 9.69 Å². The molecule has 1 fully saturated rings. The van der Waals surface area contributed by atoms with Crippen molar-refractivity contribution in [2.75, 3.05) is 0 Å². The molecule has 1 saturated heterocycles. The summed E-state index contributed by atoms with van der Waals surface area (Å²) in [6.07, 6.45) is 0.895. The molecule has 0 N–H and O–H groups in total. The molecule has 0 bridgehead atoms. The predicted octanol–water partition coefficient (Wildman–Crippen LogP) is 2.49. The van der Waals surface area contributed by atoms with E-state index in [4.69, 9.17) is 4.74 Å². The standard InChI is InChI=1S/C18H21NO4S/c1-18(2,3)24(22)14-9-13-10-15(20)19(13)16(14)17(21)23-11-12-7-5-4-6-8-12/h4-8,13H,9-11H2,1-3H3. The molecule has 2 unspecified atom stereocenters. The van der Waals surface area contributed by atoms with E-state index in [0.717, 1.165) is 5.56 Å². The van der Waals surface area contributed by atoms with Gasteiger partial charge in [0, 0.05) is 12.8 Å². The summed E-state index contributed by atoms with van der Waals surface area (Å²) in [7, 11) is 0. The Balaban J connectivity index is 1.82. The molecule has 1 aromatic carbocycles. The van der Waals surface area contributed by atoms with E-state index in [1.165, 1.54) is 4.90 Å². The summed E-state index contributed by atoms with van der Waals surface area (Å²) < 4.78 is 17.7. The molecule has 24 heavy (non-hydrogen) atoms. The van der Waals surface area contributed by atoms with Crippen molar-refractivity contribution in [1.82, 2.24) is 4.90 Å². The number of hydrogen-bond acceptors (Lipinski definition) is 4. The number of fused-ring (bicyclic) bond motifs is 1. The zero-order valence-corrected chi connectivity index (χ0v) is 14.9. The van der Waals surface area contributed by atoms with E-state index in [1.54, 1.807) is 0 Å². The van der Waals surface area contributed by atoms with Crippen molar-refractivity contribution >= 4 is 23.1 Å². The van der Waals surface area contributed by atoms with Crippen LogP contribution in [0.5, 0.6) is 0 Å². The first-order valence-electron chi connectivity index (χ1n) is 7.97. The van der Waals surface area contributed by atoms with E-state index in [9.17, 15) is 14.1 Å². The summed E-state index contributed by atoms with van der Waals surface area (Å²) in [5.41, 5.74) is 1.06. The van der Waals surface area contributed by atoms with Gasteiger partial charge in [-0.2, -0.15) is 0 Å². The van der Waals surface area contributed by atoms with Crippen molar-refractivity contribution in [2.24, 2.45) is 0 Å². The van der Waals surface area contributed by atoms with Crippen molar-refractivity contribution in [3.8, 4) is 0 Å². The van der Waals surface area contributed by atoms with Crippen molar-refractivity contribution in [3.05, 3.63) is 46.5 Å². The van der Waals surface area contributed by atoms with Crippen molar-refractivity contribution in [2.45, 2.75) is 51.0 Å². The highest BCUT2D eigenvalue weighted by Gasteiger charge is 2.53. The molecule has 128 valence electrons. The molecule has 2 aliphatic rings. The van der Waals surface area contributed by atoms with Crippen LogP contribution in [0.1, 0.15) is 39.2 Å². The molecule has 6 heteroatoms. The van der Waals surface area contributed by atoms with Crippen molar-refractivity contribution < 1.29 is 18.9 Å². The Morgan fingerprint density at radius 2 is 1.96 bits per heavy atom. The SMILES string of the molecule is CC(C)(C)[S+]([O-])C1=C(C(=O)OCc2ccccc2)N2C(=O)CC2C1. The van der Waals surface area contributed by atoms with Crippen molar-refractivity contribution in [3.63, 3.8) is 0 Å². The van der Waals surface area contributed by atoms with Gasteiger partial charge in [-0.15, -0.1) is 0 Å². The Morgan fingerprint density at radius 1 is 1.29 bits per heavy atom. The van der Waals surface area contributed by atoms with Gasteiger partial charge in [0.15, 0.2) is 10.6 Å². The minimum Gasteiger partial charge on any atom is -0.611 e. The number of carbonyl (C=O) groups excluding carboxylic acids is 2. The van der Waals surface area contributed by atoms with Gasteiger partial charge in [-0.05, 0) is 37.5 Å². The molecule has 2 aliphatic heterocycles. The van der Waals surface area contributed by atoms with Gasteiger partial charge in [0.2, 0.25) is 5.91 Å². The number of benzene rings is 1. The monoisotopic (exact) mass is 347 g/mol. The Kier molecular flexibility index (Phi) is 4.44. The molecule has 0 spiro atoms. The lowest BCUT2D eigenvalue weighted by Gasteiger charge is -2.34. The topological polar surface area (TPSA) is 69.7 Å². The van der Waals surface area contributed by atoms with Crippen LogP contribution in [0.4, 0.5) is 0 Å². The zero-order valence-electron chi connectivity index (χ0n) is 14.1. The fraction of sp³-hybridized carbons (Fsp3) is 0.444. The number of hydrogen-bond donors (Lipinski definition) is 0. The Morgan fingerprint density at radius 3 is 2.54 bits per heavy atom. The molecule has 1 aromatic rings. The Labute approximate surface area is 144 Å². The fourth-order valence-corrected chi connectivity index (χ4v) is 4.38. The van der Waals surface area contributed by atoms with Gasteiger partial charge in [-0.1, -0.05) is 30.3 Å². The van der Waals surface area contributed by atoms with E-state index < -0.39 is 21.9 Å². The Bertz CT molecular complexity index is 693. The number of carbonyl (C=O) groups is 2. The van der Waals surface area contributed by atoms with E-state index >= 15 is 0 Å². The van der Waals surface area contributed by atoms with Crippen LogP contribution in [0.25, 0.3) is 0 Å². The summed E-state index contributed by atoms with van der Waals surface area (Å²) in [6.45, 7) is 5.71. The molecule has 2 atom stereocenters. The summed E-state index contributed by atoms with van der Waals surface area (Å²) in [5, 5.41) is 0. The first-order valence-corrected chi connectivity index (χ1v) is 9.12. The average Bonchev–Trinajstić information content (AvgIpc) is 2.84. The molecular formula is C18H21NO4S. The minimum atomic E-state index is -1.34.